The molecule has 1 saturated carbocycles. The van der Waals surface area contributed by atoms with E-state index in [9.17, 15) is 19.7 Å². The number of Topliss-reactive ketones (excluding diaryl/α,β-unsaturated/α-hetero) is 1. The predicted molar refractivity (Wildman–Crippen MR) is 85.2 cm³/mol. The largest absolute Gasteiger partial charge is 0.466 e. The van der Waals surface area contributed by atoms with Crippen LogP contribution in [0.5, 0.6) is 0 Å². The maximum Gasteiger partial charge on any atom is 0.309 e. The van der Waals surface area contributed by atoms with Gasteiger partial charge in [0.15, 0.2) is 11.9 Å². The van der Waals surface area contributed by atoms with Crippen LogP contribution in [0.25, 0.3) is 0 Å². The summed E-state index contributed by atoms with van der Waals surface area (Å²) in [6.45, 7) is 5.76. The van der Waals surface area contributed by atoms with Crippen molar-refractivity contribution in [2.24, 2.45) is 11.8 Å². The molecule has 0 aromatic carbocycles. The Morgan fingerprint density at radius 2 is 2.21 bits per heavy atom. The lowest BCUT2D eigenvalue weighted by Crippen LogP contribution is -2.51. The third-order valence-corrected chi connectivity index (χ3v) is 4.80. The van der Waals surface area contributed by atoms with Crippen LogP contribution in [0.15, 0.2) is 0 Å². The van der Waals surface area contributed by atoms with E-state index < -0.39 is 18.1 Å². The topological polar surface area (TPSA) is 95.7 Å². The molecule has 4 atom stereocenters. The third-order valence-electron chi connectivity index (χ3n) is 4.80. The predicted octanol–water partition coefficient (Wildman–Crippen LogP) is 2.51. The number of unbranched alkanes of at least 4 members (excludes halogenated alkanes) is 1. The molecule has 2 saturated heterocycles. The fourth-order valence-electron chi connectivity index (χ4n) is 3.55. The zero-order valence-corrected chi connectivity index (χ0v) is 14.1. The zero-order chi connectivity index (χ0) is 17.7. The Bertz CT molecular complexity index is 480. The van der Waals surface area contributed by atoms with Crippen LogP contribution < -0.4 is 0 Å². The molecule has 4 unspecified atom stereocenters. The van der Waals surface area contributed by atoms with Gasteiger partial charge in [-0.1, -0.05) is 19.8 Å². The molecule has 2 heterocycles. The number of hydrogen-bond acceptors (Lipinski definition) is 6. The lowest BCUT2D eigenvalue weighted by Gasteiger charge is -2.42. The van der Waals surface area contributed by atoms with E-state index in [0.717, 1.165) is 12.8 Å². The smallest absolute Gasteiger partial charge is 0.309 e. The minimum absolute atomic E-state index is 0.0422. The van der Waals surface area contributed by atoms with Crippen LogP contribution in [0.3, 0.4) is 0 Å². The highest BCUT2D eigenvalue weighted by Gasteiger charge is 2.51. The molecule has 7 heteroatoms. The lowest BCUT2D eigenvalue weighted by molar-refractivity contribution is -0.545. The molecule has 0 N–H and O–H groups in total. The van der Waals surface area contributed by atoms with Gasteiger partial charge in [-0.3, -0.25) is 19.7 Å². The fourth-order valence-corrected chi connectivity index (χ4v) is 3.55. The Kier molecular flexibility index (Phi) is 6.71. The summed E-state index contributed by atoms with van der Waals surface area (Å²) in [5, 5.41) is 11.0. The molecule has 0 aromatic heterocycles. The number of ether oxygens (including phenoxy) is 2. The first-order valence-electron chi connectivity index (χ1n) is 8.64. The lowest BCUT2D eigenvalue weighted by atomic mass is 9.75. The molecule has 0 aromatic rings. The van der Waals surface area contributed by atoms with Crippen molar-refractivity contribution in [3.05, 3.63) is 23.1 Å². The number of rotatable bonds is 9. The molecule has 2 bridgehead atoms. The first-order valence-corrected chi connectivity index (χ1v) is 8.64. The average molecular weight is 339 g/mol. The molecule has 0 spiro atoms. The van der Waals surface area contributed by atoms with Crippen LogP contribution in [-0.2, 0) is 19.1 Å². The van der Waals surface area contributed by atoms with Gasteiger partial charge in [0.1, 0.15) is 6.10 Å². The number of ketones is 1. The van der Waals surface area contributed by atoms with Crippen LogP contribution in [0.1, 0.15) is 51.9 Å². The second-order valence-corrected chi connectivity index (χ2v) is 6.46. The first kappa shape index (κ1) is 18.8. The van der Waals surface area contributed by atoms with Gasteiger partial charge >= 0.3 is 5.97 Å². The van der Waals surface area contributed by atoms with Crippen molar-refractivity contribution in [2.45, 2.75) is 64.0 Å². The van der Waals surface area contributed by atoms with Crippen LogP contribution in [-0.4, -0.2) is 35.4 Å². The van der Waals surface area contributed by atoms with Crippen molar-refractivity contribution >= 4 is 11.8 Å². The average Bonchev–Trinajstić information content (AvgIpc) is 2.58. The second-order valence-electron chi connectivity index (χ2n) is 6.46. The maximum atomic E-state index is 12.6. The van der Waals surface area contributed by atoms with E-state index in [1.807, 2.05) is 0 Å². The molecule has 3 aliphatic rings. The molecule has 0 amide bonds. The summed E-state index contributed by atoms with van der Waals surface area (Å²) in [6, 6.07) is -0.729. The van der Waals surface area contributed by atoms with E-state index in [-0.39, 0.29) is 35.6 Å². The van der Waals surface area contributed by atoms with Gasteiger partial charge in [0, 0.05) is 23.7 Å². The van der Waals surface area contributed by atoms with Gasteiger partial charge < -0.3 is 9.47 Å². The summed E-state index contributed by atoms with van der Waals surface area (Å²) in [4.78, 5) is 35.4. The number of carbonyl (C=O) groups excluding carboxylic acids is 2. The van der Waals surface area contributed by atoms with Gasteiger partial charge in [-0.05, 0) is 26.2 Å². The van der Waals surface area contributed by atoms with Crippen molar-refractivity contribution < 1.29 is 24.0 Å². The van der Waals surface area contributed by atoms with E-state index in [2.05, 4.69) is 6.92 Å². The molecule has 1 aliphatic carbocycles. The molecule has 3 rings (SSSR count). The van der Waals surface area contributed by atoms with Crippen molar-refractivity contribution in [2.75, 3.05) is 6.61 Å². The minimum Gasteiger partial charge on any atom is -0.466 e. The summed E-state index contributed by atoms with van der Waals surface area (Å²) < 4.78 is 10.7. The molecule has 7 nitrogen and oxygen atoms in total. The second kappa shape index (κ2) is 8.55. The van der Waals surface area contributed by atoms with E-state index >= 15 is 0 Å². The Hall–Kier alpha value is -1.50. The molecule has 2 aliphatic heterocycles. The summed E-state index contributed by atoms with van der Waals surface area (Å²) in [5.74, 6) is -1.28. The standard InChI is InChI=1S/C17H25NO6/c1-3-5-6-12(17(20)23-4-2)10-14(19)16-11-7-8-15(24-16)13(9-11)18(21)22/h11-13,15H,1,3-10H2,2H3. The van der Waals surface area contributed by atoms with E-state index in [1.54, 1.807) is 6.92 Å². The molecule has 3 fully saturated rings. The number of hydrogen-bond donors (Lipinski definition) is 0. The third kappa shape index (κ3) is 4.32. The molecular formula is C17H25NO6. The van der Waals surface area contributed by atoms with Crippen molar-refractivity contribution in [1.29, 1.82) is 0 Å². The van der Waals surface area contributed by atoms with Crippen LogP contribution in [0.2, 0.25) is 0 Å². The highest BCUT2D eigenvalue weighted by Crippen LogP contribution is 2.43. The number of esters is 1. The van der Waals surface area contributed by atoms with Gasteiger partial charge in [0.2, 0.25) is 6.04 Å². The van der Waals surface area contributed by atoms with E-state index in [0.29, 0.717) is 31.8 Å². The molecule has 2 radical (unpaired) electrons. The quantitative estimate of drug-likeness (QED) is 0.364. The summed E-state index contributed by atoms with van der Waals surface area (Å²) in [5.41, 5.74) is 0. The van der Waals surface area contributed by atoms with Crippen molar-refractivity contribution in [3.63, 3.8) is 0 Å². The highest BCUT2D eigenvalue weighted by molar-refractivity contribution is 5.93. The summed E-state index contributed by atoms with van der Waals surface area (Å²) in [6.07, 6.45) is 3.51. The number of carbonyl (C=O) groups is 2. The summed E-state index contributed by atoms with van der Waals surface area (Å²) >= 11 is 0. The van der Waals surface area contributed by atoms with Crippen molar-refractivity contribution in [3.8, 4) is 0 Å². The Morgan fingerprint density at radius 1 is 1.46 bits per heavy atom. The highest BCUT2D eigenvalue weighted by atomic mass is 16.6. The van der Waals surface area contributed by atoms with Crippen LogP contribution in [0.4, 0.5) is 0 Å². The van der Waals surface area contributed by atoms with Crippen LogP contribution >= 0.6 is 0 Å². The normalized spacial score (nSPS) is 27.7. The Balaban J connectivity index is 1.97. The van der Waals surface area contributed by atoms with Crippen molar-refractivity contribution in [1.82, 2.24) is 0 Å². The van der Waals surface area contributed by atoms with Gasteiger partial charge in [0.25, 0.3) is 0 Å². The van der Waals surface area contributed by atoms with Gasteiger partial charge in [-0.25, -0.2) is 0 Å². The minimum atomic E-state index is -0.729. The Labute approximate surface area is 142 Å². The number of nitro groups is 1. The first-order chi connectivity index (χ1) is 11.5. The number of nitrogens with zero attached hydrogens (tertiary/aromatic N) is 1. The van der Waals surface area contributed by atoms with Gasteiger partial charge in [-0.15, -0.1) is 0 Å². The summed E-state index contributed by atoms with van der Waals surface area (Å²) in [7, 11) is 0. The SMILES string of the molecule is [CH2]CCCC(CC(=O)[C]1OC2CCC1CC2[N+](=O)[O-])C(=O)OCC. The number of fused-ring (bicyclic) bond motifs is 3. The van der Waals surface area contributed by atoms with E-state index in [4.69, 9.17) is 9.47 Å². The molecule has 134 valence electrons. The Morgan fingerprint density at radius 3 is 2.75 bits per heavy atom. The van der Waals surface area contributed by atoms with Crippen LogP contribution in [0, 0.1) is 35.0 Å². The maximum absolute atomic E-state index is 12.6. The van der Waals surface area contributed by atoms with Gasteiger partial charge in [-0.2, -0.15) is 0 Å². The zero-order valence-electron chi connectivity index (χ0n) is 14.1. The molecular weight excluding hydrogens is 314 g/mol. The van der Waals surface area contributed by atoms with Gasteiger partial charge in [0.05, 0.1) is 12.5 Å². The fraction of sp³-hybridized carbons (Fsp3) is 0.765. The van der Waals surface area contributed by atoms with E-state index in [1.165, 1.54) is 0 Å². The monoisotopic (exact) mass is 339 g/mol. The molecule has 24 heavy (non-hydrogen) atoms.